The minimum Gasteiger partial charge on any atom is -0.433 e. The normalized spacial score (nSPS) is 12.1. The highest BCUT2D eigenvalue weighted by atomic mass is 19.3. The summed E-state index contributed by atoms with van der Waals surface area (Å²) in [6.45, 7) is -0.568. The van der Waals surface area contributed by atoms with Crippen LogP contribution in [-0.4, -0.2) is 48.0 Å². The van der Waals surface area contributed by atoms with E-state index in [0.717, 1.165) is 5.56 Å². The Balaban J connectivity index is 2.39. The first-order chi connectivity index (χ1) is 15.4. The van der Waals surface area contributed by atoms with Gasteiger partial charge >= 0.3 is 6.61 Å². The molecule has 8 heteroatoms. The molecule has 0 radical (unpaired) electrons. The Morgan fingerprint density at radius 2 is 2.06 bits per heavy atom. The van der Waals surface area contributed by atoms with Crippen molar-refractivity contribution in [2.45, 2.75) is 32.4 Å². The second kappa shape index (κ2) is 10.4. The van der Waals surface area contributed by atoms with Crippen molar-refractivity contribution in [2.75, 3.05) is 20.6 Å². The van der Waals surface area contributed by atoms with Gasteiger partial charge in [0.2, 0.25) is 0 Å². The predicted octanol–water partition coefficient (Wildman–Crippen LogP) is 4.15. The molecular weight excluding hydrogens is 414 g/mol. The van der Waals surface area contributed by atoms with Crippen molar-refractivity contribution < 1.29 is 18.3 Å². The van der Waals surface area contributed by atoms with Gasteiger partial charge in [-0.2, -0.15) is 8.78 Å². The summed E-state index contributed by atoms with van der Waals surface area (Å²) in [5.74, 6) is 6.59. The monoisotopic (exact) mass is 440 g/mol. The van der Waals surface area contributed by atoms with E-state index in [9.17, 15) is 13.6 Å². The van der Waals surface area contributed by atoms with E-state index in [4.69, 9.17) is 15.5 Å². The number of hydrogen-bond acceptors (Lipinski definition) is 5. The third kappa shape index (κ3) is 4.79. The van der Waals surface area contributed by atoms with E-state index in [0.29, 0.717) is 42.5 Å². The molecule has 0 aliphatic rings. The van der Waals surface area contributed by atoms with Crippen LogP contribution in [0.4, 0.5) is 8.78 Å². The van der Waals surface area contributed by atoms with Gasteiger partial charge in [-0.3, -0.25) is 14.3 Å². The molecule has 0 fully saturated rings. The summed E-state index contributed by atoms with van der Waals surface area (Å²) in [7, 11) is 3.84. The quantitative estimate of drug-likeness (QED) is 0.421. The first kappa shape index (κ1) is 23.4. The van der Waals surface area contributed by atoms with Crippen LogP contribution in [0.1, 0.15) is 47.6 Å². The third-order valence-electron chi connectivity index (χ3n) is 5.09. The van der Waals surface area contributed by atoms with Gasteiger partial charge in [0.05, 0.1) is 17.1 Å². The Kier molecular flexibility index (Phi) is 7.57. The summed E-state index contributed by atoms with van der Waals surface area (Å²) < 4.78 is 33.0. The van der Waals surface area contributed by atoms with Crippen LogP contribution in [-0.2, 0) is 0 Å². The average molecular weight is 440 g/mol. The Labute approximate surface area is 186 Å². The van der Waals surface area contributed by atoms with Gasteiger partial charge in [0.25, 0.3) is 0 Å². The zero-order valence-electron chi connectivity index (χ0n) is 18.3. The van der Waals surface area contributed by atoms with Gasteiger partial charge in [0.1, 0.15) is 11.5 Å². The van der Waals surface area contributed by atoms with E-state index in [1.807, 2.05) is 44.1 Å². The van der Waals surface area contributed by atoms with Crippen molar-refractivity contribution in [3.63, 3.8) is 0 Å². The molecular formula is C24H26F2N4O2. The number of fused-ring (bicyclic) bond motifs is 1. The summed E-state index contributed by atoms with van der Waals surface area (Å²) in [5.41, 5.74) is 8.01. The van der Waals surface area contributed by atoms with Crippen molar-refractivity contribution >= 4 is 17.3 Å². The number of para-hydroxylation sites is 1. The van der Waals surface area contributed by atoms with Gasteiger partial charge in [0, 0.05) is 24.1 Å². The molecule has 2 aromatic carbocycles. The average Bonchev–Trinajstić information content (AvgIpc) is 3.11. The first-order valence-corrected chi connectivity index (χ1v) is 10.3. The molecule has 0 spiro atoms. The molecule has 0 saturated carbocycles. The van der Waals surface area contributed by atoms with Gasteiger partial charge < -0.3 is 10.5 Å². The number of rotatable bonds is 8. The van der Waals surface area contributed by atoms with Crippen LogP contribution in [0.3, 0.4) is 0 Å². The highest BCUT2D eigenvalue weighted by Gasteiger charge is 2.26. The van der Waals surface area contributed by atoms with Crippen molar-refractivity contribution in [1.29, 1.82) is 0 Å². The van der Waals surface area contributed by atoms with Crippen LogP contribution in [0, 0.1) is 11.8 Å². The fourth-order valence-corrected chi connectivity index (χ4v) is 3.71. The van der Waals surface area contributed by atoms with Gasteiger partial charge in [-0.15, -0.1) is 0 Å². The first-order valence-electron chi connectivity index (χ1n) is 10.3. The number of carbonyl (C=O) groups is 1. The number of carbonyl (C=O) groups excluding carboxylic acids is 1. The van der Waals surface area contributed by atoms with E-state index in [2.05, 4.69) is 11.8 Å². The number of ether oxygens (including phenoxy) is 1. The fraction of sp³-hybridized carbons (Fsp3) is 0.333. The third-order valence-corrected chi connectivity index (χ3v) is 5.09. The Morgan fingerprint density at radius 1 is 1.28 bits per heavy atom. The van der Waals surface area contributed by atoms with Crippen LogP contribution in [0.15, 0.2) is 36.4 Å². The minimum absolute atomic E-state index is 0.0987. The van der Waals surface area contributed by atoms with Gasteiger partial charge in [-0.05, 0) is 50.8 Å². The number of alkyl halides is 2. The lowest BCUT2D eigenvalue weighted by molar-refractivity contribution is -0.0498. The standard InChI is InChI=1S/C24H26F2N4O2/c1-4-19(29(2)3)23-28-18-12-11-16(8-5-6-13-27)14-20(18)30(23)22-17(15-31)9-7-10-21(22)32-24(25)26/h7,9-12,14-15,19,24H,4,6,13,27H2,1-3H3. The van der Waals surface area contributed by atoms with E-state index in [1.54, 1.807) is 10.6 Å². The number of imidazole rings is 1. The SMILES string of the molecule is CCC(c1nc2ccc(C#CCCN)cc2n1-c1c(C=O)cccc1OC(F)F)N(C)C. The molecule has 32 heavy (non-hydrogen) atoms. The Morgan fingerprint density at radius 3 is 2.69 bits per heavy atom. The van der Waals surface area contributed by atoms with Crippen molar-refractivity contribution in [3.05, 3.63) is 53.3 Å². The molecule has 1 atom stereocenters. The number of aldehydes is 1. The van der Waals surface area contributed by atoms with E-state index in [-0.39, 0.29) is 23.0 Å². The molecule has 0 saturated heterocycles. The van der Waals surface area contributed by atoms with Crippen molar-refractivity contribution in [1.82, 2.24) is 14.5 Å². The van der Waals surface area contributed by atoms with Crippen LogP contribution in [0.5, 0.6) is 5.75 Å². The number of aromatic nitrogens is 2. The second-order valence-electron chi connectivity index (χ2n) is 7.43. The Bertz CT molecular complexity index is 1160. The summed E-state index contributed by atoms with van der Waals surface area (Å²) in [4.78, 5) is 18.7. The largest absolute Gasteiger partial charge is 0.433 e. The molecule has 3 aromatic rings. The van der Waals surface area contributed by atoms with E-state index < -0.39 is 6.61 Å². The van der Waals surface area contributed by atoms with E-state index in [1.165, 1.54) is 12.1 Å². The van der Waals surface area contributed by atoms with Crippen LogP contribution < -0.4 is 10.5 Å². The lowest BCUT2D eigenvalue weighted by atomic mass is 10.1. The molecule has 3 rings (SSSR count). The second-order valence-corrected chi connectivity index (χ2v) is 7.43. The smallest absolute Gasteiger partial charge is 0.387 e. The number of benzene rings is 2. The number of halogens is 2. The molecule has 1 unspecified atom stereocenters. The summed E-state index contributed by atoms with van der Waals surface area (Å²) in [5, 5.41) is 0. The molecule has 1 heterocycles. The van der Waals surface area contributed by atoms with Gasteiger partial charge in [-0.1, -0.05) is 24.8 Å². The van der Waals surface area contributed by atoms with Crippen LogP contribution >= 0.6 is 0 Å². The lowest BCUT2D eigenvalue weighted by Crippen LogP contribution is -2.23. The lowest BCUT2D eigenvalue weighted by Gasteiger charge is -2.25. The van der Waals surface area contributed by atoms with Crippen molar-refractivity contribution in [3.8, 4) is 23.3 Å². The fourth-order valence-electron chi connectivity index (χ4n) is 3.71. The topological polar surface area (TPSA) is 73.4 Å². The molecule has 1 aromatic heterocycles. The van der Waals surface area contributed by atoms with Crippen LogP contribution in [0.25, 0.3) is 16.7 Å². The van der Waals surface area contributed by atoms with Crippen LogP contribution in [0.2, 0.25) is 0 Å². The van der Waals surface area contributed by atoms with Gasteiger partial charge in [-0.25, -0.2) is 4.98 Å². The molecule has 6 nitrogen and oxygen atoms in total. The molecule has 0 amide bonds. The molecule has 2 N–H and O–H groups in total. The van der Waals surface area contributed by atoms with Gasteiger partial charge in [0.15, 0.2) is 12.0 Å². The zero-order chi connectivity index (χ0) is 23.3. The maximum Gasteiger partial charge on any atom is 0.387 e. The van der Waals surface area contributed by atoms with Crippen molar-refractivity contribution in [2.24, 2.45) is 5.73 Å². The van der Waals surface area contributed by atoms with E-state index >= 15 is 0 Å². The maximum absolute atomic E-state index is 13.2. The molecule has 0 bridgehead atoms. The number of nitrogens with zero attached hydrogens (tertiary/aromatic N) is 3. The summed E-state index contributed by atoms with van der Waals surface area (Å²) in [6.07, 6.45) is 1.90. The highest BCUT2D eigenvalue weighted by molar-refractivity contribution is 5.87. The maximum atomic E-state index is 13.2. The summed E-state index contributed by atoms with van der Waals surface area (Å²) in [6, 6.07) is 9.90. The zero-order valence-corrected chi connectivity index (χ0v) is 18.3. The summed E-state index contributed by atoms with van der Waals surface area (Å²) >= 11 is 0. The highest BCUT2D eigenvalue weighted by Crippen LogP contribution is 2.35. The number of hydrogen-bond donors (Lipinski definition) is 1. The molecule has 0 aliphatic carbocycles. The number of nitrogens with two attached hydrogens (primary N) is 1. The molecule has 0 aliphatic heterocycles. The Hall–Kier alpha value is -3.28. The predicted molar refractivity (Wildman–Crippen MR) is 120 cm³/mol. The molecule has 168 valence electrons. The minimum atomic E-state index is -3.04.